The van der Waals surface area contributed by atoms with Crippen molar-refractivity contribution in [3.8, 4) is 0 Å². The summed E-state index contributed by atoms with van der Waals surface area (Å²) in [5, 5.41) is 0.714. The highest BCUT2D eigenvalue weighted by Crippen LogP contribution is 2.39. The average Bonchev–Trinajstić information content (AvgIpc) is 3.18. The summed E-state index contributed by atoms with van der Waals surface area (Å²) in [6.45, 7) is 6.55. The monoisotopic (exact) mass is 397 g/mol. The Hall–Kier alpha value is -1.21. The van der Waals surface area contributed by atoms with Crippen molar-refractivity contribution in [3.05, 3.63) is 22.5 Å². The molecule has 0 saturated carbocycles. The Labute approximate surface area is 162 Å². The molecule has 0 aliphatic carbocycles. The molecule has 144 valence electrons. The van der Waals surface area contributed by atoms with E-state index < -0.39 is 6.10 Å². The van der Waals surface area contributed by atoms with Crippen LogP contribution in [0.15, 0.2) is 0 Å². The SMILES string of the molecule is CC(=O)c1c(C)[nH]c(C(=O)[C@H](C)OC(=O)CCCC[C@H]2CCSS2)c1C. The first-order valence-electron chi connectivity index (χ1n) is 9.03. The third-order valence-electron chi connectivity index (χ3n) is 4.60. The zero-order chi connectivity index (χ0) is 19.3. The molecule has 0 bridgehead atoms. The zero-order valence-corrected chi connectivity index (χ0v) is 17.5. The third kappa shape index (κ3) is 5.39. The van der Waals surface area contributed by atoms with Gasteiger partial charge in [-0.25, -0.2) is 0 Å². The second kappa shape index (κ2) is 9.65. The lowest BCUT2D eigenvalue weighted by atomic mass is 10.0. The van der Waals surface area contributed by atoms with Crippen LogP contribution < -0.4 is 0 Å². The first-order valence-corrected chi connectivity index (χ1v) is 11.4. The smallest absolute Gasteiger partial charge is 0.306 e. The number of unbranched alkanes of at least 4 members (excludes halogenated alkanes) is 1. The Bertz CT molecular complexity index is 677. The summed E-state index contributed by atoms with van der Waals surface area (Å²) in [5.74, 6) is 0.497. The van der Waals surface area contributed by atoms with Crippen LogP contribution in [0.1, 0.15) is 78.1 Å². The molecule has 0 radical (unpaired) electrons. The van der Waals surface area contributed by atoms with Crippen LogP contribution in [-0.4, -0.2) is 39.6 Å². The van der Waals surface area contributed by atoms with Crippen LogP contribution in [0.5, 0.6) is 0 Å². The number of Topliss-reactive ketones (excluding diaryl/α,β-unsaturated/α-hetero) is 2. The van der Waals surface area contributed by atoms with Crippen molar-refractivity contribution in [1.82, 2.24) is 4.98 Å². The number of hydrogen-bond acceptors (Lipinski definition) is 6. The minimum atomic E-state index is -0.860. The van der Waals surface area contributed by atoms with Crippen molar-refractivity contribution in [2.45, 2.75) is 71.2 Å². The molecule has 7 heteroatoms. The van der Waals surface area contributed by atoms with E-state index in [4.69, 9.17) is 4.74 Å². The Morgan fingerprint density at radius 3 is 2.58 bits per heavy atom. The molecule has 0 spiro atoms. The first kappa shape index (κ1) is 21.1. The van der Waals surface area contributed by atoms with E-state index in [2.05, 4.69) is 4.98 Å². The third-order valence-corrected chi connectivity index (χ3v) is 7.60. The maximum Gasteiger partial charge on any atom is 0.306 e. The number of nitrogens with one attached hydrogen (secondary N) is 1. The van der Waals surface area contributed by atoms with E-state index in [1.807, 2.05) is 21.6 Å². The lowest BCUT2D eigenvalue weighted by molar-refractivity contribution is -0.146. The van der Waals surface area contributed by atoms with E-state index in [-0.39, 0.29) is 17.5 Å². The minimum absolute atomic E-state index is 0.0845. The van der Waals surface area contributed by atoms with Crippen molar-refractivity contribution >= 4 is 39.1 Å². The van der Waals surface area contributed by atoms with Crippen molar-refractivity contribution in [2.75, 3.05) is 5.75 Å². The number of esters is 1. The zero-order valence-electron chi connectivity index (χ0n) is 15.8. The van der Waals surface area contributed by atoms with Crippen LogP contribution in [-0.2, 0) is 9.53 Å². The Balaban J connectivity index is 1.81. The molecular formula is C19H27NO4S2. The largest absolute Gasteiger partial charge is 0.454 e. The molecule has 1 fully saturated rings. The predicted molar refractivity (Wildman–Crippen MR) is 107 cm³/mol. The Kier molecular flexibility index (Phi) is 7.83. The summed E-state index contributed by atoms with van der Waals surface area (Å²) in [5.41, 5.74) is 2.17. The van der Waals surface area contributed by atoms with E-state index in [1.54, 1.807) is 20.8 Å². The van der Waals surface area contributed by atoms with E-state index in [0.717, 1.165) is 19.3 Å². The molecule has 2 heterocycles. The molecule has 0 amide bonds. The van der Waals surface area contributed by atoms with Crippen LogP contribution in [0, 0.1) is 13.8 Å². The summed E-state index contributed by atoms with van der Waals surface area (Å²) >= 11 is 0. The summed E-state index contributed by atoms with van der Waals surface area (Å²) in [4.78, 5) is 39.2. The normalized spacial score (nSPS) is 17.9. The van der Waals surface area contributed by atoms with Gasteiger partial charge >= 0.3 is 5.97 Å². The maximum absolute atomic E-state index is 12.6. The number of ether oxygens (including phenoxy) is 1. The average molecular weight is 398 g/mol. The van der Waals surface area contributed by atoms with Crippen molar-refractivity contribution < 1.29 is 19.1 Å². The summed E-state index contributed by atoms with van der Waals surface area (Å²) in [7, 11) is 3.87. The summed E-state index contributed by atoms with van der Waals surface area (Å²) < 4.78 is 5.30. The van der Waals surface area contributed by atoms with Crippen molar-refractivity contribution in [2.24, 2.45) is 0 Å². The fourth-order valence-corrected chi connectivity index (χ4v) is 6.27. The van der Waals surface area contributed by atoms with Gasteiger partial charge in [0.1, 0.15) is 0 Å². The maximum atomic E-state index is 12.6. The van der Waals surface area contributed by atoms with E-state index in [1.165, 1.54) is 19.1 Å². The lowest BCUT2D eigenvalue weighted by Crippen LogP contribution is -2.25. The van der Waals surface area contributed by atoms with Gasteiger partial charge in [0.05, 0.1) is 5.69 Å². The summed E-state index contributed by atoms with van der Waals surface area (Å²) in [6, 6.07) is 0. The van der Waals surface area contributed by atoms with Gasteiger partial charge in [-0.1, -0.05) is 28.0 Å². The fraction of sp³-hybridized carbons (Fsp3) is 0.632. The molecule has 1 N–H and O–H groups in total. The number of carbonyl (C=O) groups is 3. The fourth-order valence-electron chi connectivity index (χ4n) is 3.24. The van der Waals surface area contributed by atoms with Gasteiger partial charge < -0.3 is 9.72 Å². The molecule has 5 nitrogen and oxygen atoms in total. The van der Waals surface area contributed by atoms with E-state index >= 15 is 0 Å². The number of H-pyrrole nitrogens is 1. The lowest BCUT2D eigenvalue weighted by Gasteiger charge is -2.12. The highest BCUT2D eigenvalue weighted by Gasteiger charge is 2.26. The van der Waals surface area contributed by atoms with Gasteiger partial charge in [-0.2, -0.15) is 0 Å². The first-order chi connectivity index (χ1) is 12.3. The van der Waals surface area contributed by atoms with Gasteiger partial charge in [0.2, 0.25) is 5.78 Å². The van der Waals surface area contributed by atoms with Crippen LogP contribution >= 0.6 is 21.6 Å². The standard InChI is InChI=1S/C19H27NO4S2/c1-11-17(13(3)21)12(2)20-18(11)19(23)14(4)24-16(22)8-6-5-7-15-9-10-25-26-15/h14-15,20H,5-10H2,1-4H3/t14-,15-/m0/s1. The Morgan fingerprint density at radius 2 is 2.00 bits per heavy atom. The molecule has 0 unspecified atom stereocenters. The van der Waals surface area contributed by atoms with Crippen molar-refractivity contribution in [3.63, 3.8) is 0 Å². The summed E-state index contributed by atoms with van der Waals surface area (Å²) in [6.07, 6.45) is 3.66. The Morgan fingerprint density at radius 1 is 1.27 bits per heavy atom. The topological polar surface area (TPSA) is 76.2 Å². The van der Waals surface area contributed by atoms with E-state index in [9.17, 15) is 14.4 Å². The quantitative estimate of drug-likeness (QED) is 0.283. The van der Waals surface area contributed by atoms with Crippen LogP contribution in [0.3, 0.4) is 0 Å². The molecule has 0 aromatic carbocycles. The number of aryl methyl sites for hydroxylation is 1. The number of aromatic nitrogens is 1. The molecule has 1 aliphatic heterocycles. The van der Waals surface area contributed by atoms with Gasteiger partial charge in [0.15, 0.2) is 11.9 Å². The highest BCUT2D eigenvalue weighted by molar-refractivity contribution is 8.77. The number of ketones is 2. The highest BCUT2D eigenvalue weighted by atomic mass is 33.1. The predicted octanol–water partition coefficient (Wildman–Crippen LogP) is 4.66. The van der Waals surface area contributed by atoms with Gasteiger partial charge in [-0.15, -0.1) is 0 Å². The van der Waals surface area contributed by atoms with Gasteiger partial charge in [0, 0.05) is 28.7 Å². The van der Waals surface area contributed by atoms with Crippen LogP contribution in [0.25, 0.3) is 0 Å². The second-order valence-corrected chi connectivity index (χ2v) is 9.54. The number of rotatable bonds is 9. The molecule has 1 aromatic rings. The van der Waals surface area contributed by atoms with Crippen molar-refractivity contribution in [1.29, 1.82) is 0 Å². The number of aromatic amines is 1. The molecule has 1 aliphatic rings. The van der Waals surface area contributed by atoms with E-state index in [0.29, 0.717) is 34.2 Å². The molecule has 1 aromatic heterocycles. The molecule has 1 saturated heterocycles. The van der Waals surface area contributed by atoms with Crippen LogP contribution in [0.2, 0.25) is 0 Å². The van der Waals surface area contributed by atoms with Gasteiger partial charge in [-0.3, -0.25) is 14.4 Å². The minimum Gasteiger partial charge on any atom is -0.454 e. The van der Waals surface area contributed by atoms with Gasteiger partial charge in [-0.05, 0) is 52.5 Å². The molecule has 2 atom stereocenters. The molecule has 26 heavy (non-hydrogen) atoms. The number of carbonyl (C=O) groups excluding carboxylic acids is 3. The molecule has 2 rings (SSSR count). The van der Waals surface area contributed by atoms with Crippen LogP contribution in [0.4, 0.5) is 0 Å². The molecular weight excluding hydrogens is 370 g/mol. The second-order valence-electron chi connectivity index (χ2n) is 6.75. The number of hydrogen-bond donors (Lipinski definition) is 1. The van der Waals surface area contributed by atoms with Gasteiger partial charge in [0.25, 0.3) is 0 Å².